The Kier molecular flexibility index (Phi) is 4.22. The summed E-state index contributed by atoms with van der Waals surface area (Å²) in [6, 6.07) is 19.6. The van der Waals surface area contributed by atoms with Crippen molar-refractivity contribution in [2.45, 2.75) is 45.3 Å². The first-order valence-corrected chi connectivity index (χ1v) is 12.3. The molecule has 1 aliphatic heterocycles. The summed E-state index contributed by atoms with van der Waals surface area (Å²) in [5.41, 5.74) is 4.69. The Morgan fingerprint density at radius 2 is 1.66 bits per heavy atom. The molecule has 35 heavy (non-hydrogen) atoms. The van der Waals surface area contributed by atoms with E-state index in [2.05, 4.69) is 111 Å². The Morgan fingerprint density at radius 1 is 0.857 bits per heavy atom. The van der Waals surface area contributed by atoms with Gasteiger partial charge in [0, 0.05) is 17.2 Å². The quantitative estimate of drug-likeness (QED) is 0.221. The number of aromatic nitrogens is 2. The first-order valence-electron chi connectivity index (χ1n) is 12.3. The molecule has 0 bridgehead atoms. The van der Waals surface area contributed by atoms with Crippen molar-refractivity contribution in [3.63, 3.8) is 0 Å². The van der Waals surface area contributed by atoms with Crippen molar-refractivity contribution in [1.29, 1.82) is 0 Å². The van der Waals surface area contributed by atoms with E-state index in [9.17, 15) is 0 Å². The number of hydrogen-bond acceptors (Lipinski definition) is 3. The van der Waals surface area contributed by atoms with E-state index in [4.69, 9.17) is 14.3 Å². The molecule has 3 heterocycles. The summed E-state index contributed by atoms with van der Waals surface area (Å²) in [5, 5.41) is 6.01. The van der Waals surface area contributed by atoms with Crippen LogP contribution in [0.5, 0.6) is 0 Å². The van der Waals surface area contributed by atoms with Crippen LogP contribution in [-0.2, 0) is 15.7 Å². The Bertz CT molecular complexity index is 1730. The predicted octanol–water partition coefficient (Wildman–Crippen LogP) is 6.22. The van der Waals surface area contributed by atoms with E-state index in [0.29, 0.717) is 0 Å². The van der Waals surface area contributed by atoms with E-state index in [1.165, 1.54) is 32.6 Å². The zero-order valence-corrected chi connectivity index (χ0v) is 20.5. The molecular formula is C30H27BN2O2. The van der Waals surface area contributed by atoms with E-state index in [-0.39, 0.29) is 11.2 Å². The summed E-state index contributed by atoms with van der Waals surface area (Å²) in [7, 11) is -0.402. The van der Waals surface area contributed by atoms with Crippen LogP contribution < -0.4 is 5.46 Å². The number of allylic oxidation sites excluding steroid dienone is 3. The summed E-state index contributed by atoms with van der Waals surface area (Å²) in [6.07, 6.45) is 9.34. The van der Waals surface area contributed by atoms with Gasteiger partial charge in [-0.1, -0.05) is 66.8 Å². The topological polar surface area (TPSA) is 35.8 Å². The van der Waals surface area contributed by atoms with Gasteiger partial charge in [-0.25, -0.2) is 4.98 Å². The Labute approximate surface area is 205 Å². The van der Waals surface area contributed by atoms with Crippen molar-refractivity contribution < 1.29 is 9.31 Å². The molecule has 4 nitrogen and oxygen atoms in total. The van der Waals surface area contributed by atoms with Crippen LogP contribution in [0.1, 0.15) is 39.1 Å². The van der Waals surface area contributed by atoms with Crippen LogP contribution in [0.15, 0.2) is 72.8 Å². The van der Waals surface area contributed by atoms with Crippen LogP contribution in [0, 0.1) is 0 Å². The maximum atomic E-state index is 6.40. The fourth-order valence-electron chi connectivity index (χ4n) is 5.46. The van der Waals surface area contributed by atoms with Gasteiger partial charge in [0.05, 0.1) is 28.1 Å². The summed E-state index contributed by atoms with van der Waals surface area (Å²) in [4.78, 5) is 5.17. The monoisotopic (exact) mass is 458 g/mol. The summed E-state index contributed by atoms with van der Waals surface area (Å²) < 4.78 is 15.2. The van der Waals surface area contributed by atoms with E-state index in [1.54, 1.807) is 0 Å². The van der Waals surface area contributed by atoms with Gasteiger partial charge in [-0.05, 0) is 61.5 Å². The third-order valence-corrected chi connectivity index (χ3v) is 8.05. The van der Waals surface area contributed by atoms with Gasteiger partial charge >= 0.3 is 7.12 Å². The molecule has 0 saturated carbocycles. The lowest BCUT2D eigenvalue weighted by Crippen LogP contribution is -2.41. The fraction of sp³-hybridized carbons (Fsp3) is 0.233. The average molecular weight is 458 g/mol. The van der Waals surface area contributed by atoms with E-state index in [1.807, 2.05) is 0 Å². The minimum absolute atomic E-state index is 0.380. The number of rotatable bonds is 1. The van der Waals surface area contributed by atoms with Gasteiger partial charge in [0.25, 0.3) is 0 Å². The molecule has 172 valence electrons. The van der Waals surface area contributed by atoms with Gasteiger partial charge in [-0.2, -0.15) is 0 Å². The van der Waals surface area contributed by atoms with Crippen LogP contribution >= 0.6 is 0 Å². The molecule has 7 rings (SSSR count). The van der Waals surface area contributed by atoms with E-state index < -0.39 is 7.12 Å². The second kappa shape index (κ2) is 7.06. The lowest BCUT2D eigenvalue weighted by atomic mass is 9.78. The molecule has 0 spiro atoms. The highest BCUT2D eigenvalue weighted by atomic mass is 16.7. The smallest absolute Gasteiger partial charge is 0.399 e. The van der Waals surface area contributed by atoms with Gasteiger partial charge in [-0.15, -0.1) is 0 Å². The minimum atomic E-state index is -0.402. The van der Waals surface area contributed by atoms with Crippen molar-refractivity contribution in [3.05, 3.63) is 84.2 Å². The second-order valence-corrected chi connectivity index (χ2v) is 10.7. The van der Waals surface area contributed by atoms with Crippen LogP contribution in [0.3, 0.4) is 0 Å². The molecule has 0 atom stereocenters. The lowest BCUT2D eigenvalue weighted by molar-refractivity contribution is 0.00578. The van der Waals surface area contributed by atoms with Gasteiger partial charge in [0.2, 0.25) is 0 Å². The van der Waals surface area contributed by atoms with Crippen LogP contribution in [0.4, 0.5) is 0 Å². The Hall–Kier alpha value is -3.41. The number of pyridine rings is 1. The van der Waals surface area contributed by atoms with Gasteiger partial charge in [0.15, 0.2) is 0 Å². The molecule has 1 aliphatic carbocycles. The van der Waals surface area contributed by atoms with Crippen molar-refractivity contribution >= 4 is 56.8 Å². The molecule has 5 aromatic rings. The molecular weight excluding hydrogens is 431 g/mol. The molecule has 0 unspecified atom stereocenters. The first-order chi connectivity index (χ1) is 16.8. The largest absolute Gasteiger partial charge is 0.494 e. The maximum Gasteiger partial charge on any atom is 0.494 e. The molecule has 0 N–H and O–H groups in total. The number of benzene rings is 3. The van der Waals surface area contributed by atoms with Gasteiger partial charge in [0.1, 0.15) is 5.65 Å². The van der Waals surface area contributed by atoms with Crippen molar-refractivity contribution in [1.82, 2.24) is 9.38 Å². The Balaban J connectivity index is 1.59. The van der Waals surface area contributed by atoms with Crippen molar-refractivity contribution in [3.8, 4) is 0 Å². The molecule has 1 saturated heterocycles. The molecule has 1 fully saturated rings. The average Bonchev–Trinajstić information content (AvgIpc) is 3.19. The SMILES string of the molecule is CC1(C)OB(c2ccc3c(c2)c2ccc4ccccc4c2c2nc4c(n32)CC=CC=C4)OC1(C)C. The fourth-order valence-corrected chi connectivity index (χ4v) is 5.46. The zero-order valence-electron chi connectivity index (χ0n) is 20.5. The summed E-state index contributed by atoms with van der Waals surface area (Å²) in [5.74, 6) is 0. The number of hydrogen-bond donors (Lipinski definition) is 0. The molecule has 2 aromatic heterocycles. The third kappa shape index (κ3) is 2.92. The number of nitrogens with zero attached hydrogens (tertiary/aromatic N) is 2. The Morgan fingerprint density at radius 3 is 2.49 bits per heavy atom. The van der Waals surface area contributed by atoms with Crippen molar-refractivity contribution in [2.75, 3.05) is 0 Å². The zero-order chi connectivity index (χ0) is 23.9. The van der Waals surface area contributed by atoms with Crippen LogP contribution in [0.25, 0.3) is 44.2 Å². The van der Waals surface area contributed by atoms with Crippen molar-refractivity contribution in [2.24, 2.45) is 0 Å². The highest BCUT2D eigenvalue weighted by molar-refractivity contribution is 6.62. The lowest BCUT2D eigenvalue weighted by Gasteiger charge is -2.32. The van der Waals surface area contributed by atoms with Gasteiger partial charge in [-0.3, -0.25) is 4.40 Å². The van der Waals surface area contributed by atoms with Crippen LogP contribution in [0.2, 0.25) is 0 Å². The highest BCUT2D eigenvalue weighted by Crippen LogP contribution is 2.39. The standard InChI is InChI=1S/C30H27BN2O2/c1-29(2)30(3,4)35-31(34-29)20-15-17-25-23(18-20)22-16-14-19-10-8-9-11-21(19)27(22)28-32-24-12-6-5-7-13-26(24)33(25)28/h5-12,14-18H,13H2,1-4H3. The molecule has 5 heteroatoms. The molecule has 3 aromatic carbocycles. The molecule has 0 radical (unpaired) electrons. The number of imidazole rings is 1. The minimum Gasteiger partial charge on any atom is -0.399 e. The third-order valence-electron chi connectivity index (χ3n) is 8.05. The predicted molar refractivity (Wildman–Crippen MR) is 145 cm³/mol. The number of fused-ring (bicyclic) bond motifs is 10. The van der Waals surface area contributed by atoms with E-state index in [0.717, 1.165) is 28.7 Å². The summed E-state index contributed by atoms with van der Waals surface area (Å²) in [6.45, 7) is 8.39. The molecule has 2 aliphatic rings. The second-order valence-electron chi connectivity index (χ2n) is 10.7. The van der Waals surface area contributed by atoms with Gasteiger partial charge < -0.3 is 9.31 Å². The normalized spacial score (nSPS) is 18.7. The van der Waals surface area contributed by atoms with Crippen LogP contribution in [-0.4, -0.2) is 27.7 Å². The summed E-state index contributed by atoms with van der Waals surface area (Å²) >= 11 is 0. The van der Waals surface area contributed by atoms with E-state index >= 15 is 0 Å². The molecule has 0 amide bonds. The highest BCUT2D eigenvalue weighted by Gasteiger charge is 2.51. The first kappa shape index (κ1) is 20.9. The maximum absolute atomic E-state index is 6.40.